The molecule has 0 radical (unpaired) electrons. The molecule has 3 rings (SSSR count). The maximum atomic E-state index is 14.3. The van der Waals surface area contributed by atoms with E-state index in [-0.39, 0.29) is 38.0 Å². The number of ether oxygens (including phenoxy) is 2. The van der Waals surface area contributed by atoms with E-state index in [9.17, 15) is 28.0 Å². The van der Waals surface area contributed by atoms with Crippen LogP contribution in [0.25, 0.3) is 0 Å². The van der Waals surface area contributed by atoms with Gasteiger partial charge in [-0.25, -0.2) is 0 Å². The molecule has 1 aromatic rings. The number of nitrogens with zero attached hydrogens (tertiary/aromatic N) is 2. The summed E-state index contributed by atoms with van der Waals surface area (Å²) in [5, 5.41) is 9.48. The Bertz CT molecular complexity index is 854. The highest BCUT2D eigenvalue weighted by molar-refractivity contribution is 5.90. The zero-order valence-corrected chi connectivity index (χ0v) is 16.7. The van der Waals surface area contributed by atoms with Crippen molar-refractivity contribution in [3.05, 3.63) is 35.9 Å². The van der Waals surface area contributed by atoms with E-state index >= 15 is 0 Å². The first-order valence-electron chi connectivity index (χ1n) is 9.76. The van der Waals surface area contributed by atoms with Gasteiger partial charge in [0.1, 0.15) is 5.41 Å². The van der Waals surface area contributed by atoms with E-state index in [4.69, 9.17) is 9.47 Å². The van der Waals surface area contributed by atoms with Gasteiger partial charge in [0.2, 0.25) is 0 Å². The van der Waals surface area contributed by atoms with Crippen LogP contribution < -0.4 is 0 Å². The van der Waals surface area contributed by atoms with Crippen LogP contribution in [0.3, 0.4) is 0 Å². The Balaban J connectivity index is 2.06. The molecule has 6 nitrogen and oxygen atoms in total. The Labute approximate surface area is 172 Å². The van der Waals surface area contributed by atoms with Crippen molar-refractivity contribution in [2.45, 2.75) is 44.0 Å². The normalized spacial score (nSPS) is 27.8. The van der Waals surface area contributed by atoms with Gasteiger partial charge in [-0.05, 0) is 26.2 Å². The molecule has 1 saturated heterocycles. The van der Waals surface area contributed by atoms with E-state index in [1.165, 1.54) is 24.3 Å². The van der Waals surface area contributed by atoms with Gasteiger partial charge < -0.3 is 14.4 Å². The predicted molar refractivity (Wildman–Crippen MR) is 98.7 cm³/mol. The number of esters is 1. The third-order valence-electron chi connectivity index (χ3n) is 6.30. The summed E-state index contributed by atoms with van der Waals surface area (Å²) in [7, 11) is 0.847. The molecule has 0 bridgehead atoms. The molecule has 1 aliphatic carbocycles. The van der Waals surface area contributed by atoms with Crippen molar-refractivity contribution in [3.63, 3.8) is 0 Å². The van der Waals surface area contributed by atoms with E-state index in [0.717, 1.165) is 12.0 Å². The Morgan fingerprint density at radius 1 is 1.30 bits per heavy atom. The number of rotatable bonds is 5. The molecule has 0 aromatic heterocycles. The highest BCUT2D eigenvalue weighted by Crippen LogP contribution is 2.57. The van der Waals surface area contributed by atoms with Crippen LogP contribution >= 0.6 is 0 Å². The zero-order valence-electron chi connectivity index (χ0n) is 16.7. The summed E-state index contributed by atoms with van der Waals surface area (Å²) in [6.07, 6.45) is -4.35. The number of piperidine rings is 1. The summed E-state index contributed by atoms with van der Waals surface area (Å²) in [6.45, 7) is 1.73. The van der Waals surface area contributed by atoms with Crippen LogP contribution in [0.5, 0.6) is 0 Å². The largest absolute Gasteiger partial charge is 0.465 e. The van der Waals surface area contributed by atoms with E-state index in [2.05, 4.69) is 6.07 Å². The number of carbonyl (C=O) groups excluding carboxylic acids is 2. The fourth-order valence-electron chi connectivity index (χ4n) is 4.82. The number of hydrogen-bond acceptors (Lipinski definition) is 5. The molecule has 9 heteroatoms. The van der Waals surface area contributed by atoms with Crippen LogP contribution in [0, 0.1) is 22.7 Å². The second-order valence-corrected chi connectivity index (χ2v) is 7.55. The standard InChI is InChI=1S/C21H23F3N2O4/c1-3-30-18(28)19-10-7-11-26(16(19)12-15(19)13-25)17(27)20(29-2,21(22,23)24)14-8-5-4-6-9-14/h4-6,8-9,15-16H,3,7,10-12H2,1-2H3/t15-,16-,19?,20?/m0/s1. The minimum Gasteiger partial charge on any atom is -0.465 e. The highest BCUT2D eigenvalue weighted by Gasteiger charge is 2.70. The number of methoxy groups -OCH3 is 1. The van der Waals surface area contributed by atoms with Gasteiger partial charge >= 0.3 is 12.1 Å². The average Bonchev–Trinajstić information content (AvgIpc) is 2.69. The third kappa shape index (κ3) is 2.97. The van der Waals surface area contributed by atoms with E-state index < -0.39 is 41.0 Å². The van der Waals surface area contributed by atoms with Crippen LogP contribution in [0.1, 0.15) is 31.7 Å². The van der Waals surface area contributed by atoms with Crippen molar-refractivity contribution < 1.29 is 32.2 Å². The first-order valence-corrected chi connectivity index (χ1v) is 9.76. The quantitative estimate of drug-likeness (QED) is 0.679. The molecule has 2 aliphatic rings. The first-order chi connectivity index (χ1) is 14.2. The average molecular weight is 424 g/mol. The molecular formula is C21H23F3N2O4. The van der Waals surface area contributed by atoms with Crippen molar-refractivity contribution in [3.8, 4) is 6.07 Å². The molecular weight excluding hydrogens is 401 g/mol. The van der Waals surface area contributed by atoms with Crippen molar-refractivity contribution >= 4 is 11.9 Å². The SMILES string of the molecule is CCOC(=O)C12CCCN(C(=O)C(OC)(c3ccccc3)C(F)(F)F)[C@H]1C[C@H]2C#N. The third-order valence-corrected chi connectivity index (χ3v) is 6.30. The van der Waals surface area contributed by atoms with E-state index in [1.54, 1.807) is 13.0 Å². The summed E-state index contributed by atoms with van der Waals surface area (Å²) in [5.74, 6) is -2.63. The van der Waals surface area contributed by atoms with Crippen LogP contribution in [0.4, 0.5) is 13.2 Å². The molecule has 1 amide bonds. The lowest BCUT2D eigenvalue weighted by atomic mass is 9.52. The zero-order chi connectivity index (χ0) is 22.2. The number of fused-ring (bicyclic) bond motifs is 1. The fraction of sp³-hybridized carbons (Fsp3) is 0.571. The molecule has 1 aliphatic heterocycles. The van der Waals surface area contributed by atoms with Crippen LogP contribution in [0.15, 0.2) is 30.3 Å². The number of likely N-dealkylation sites (tertiary alicyclic amines) is 1. The Morgan fingerprint density at radius 3 is 2.50 bits per heavy atom. The van der Waals surface area contributed by atoms with Crippen molar-refractivity contribution in [2.75, 3.05) is 20.3 Å². The lowest BCUT2D eigenvalue weighted by Gasteiger charge is -2.59. The lowest BCUT2D eigenvalue weighted by molar-refractivity contribution is -0.274. The second kappa shape index (κ2) is 7.91. The van der Waals surface area contributed by atoms with Crippen LogP contribution in [-0.4, -0.2) is 49.3 Å². The van der Waals surface area contributed by atoms with E-state index in [0.29, 0.717) is 0 Å². The maximum absolute atomic E-state index is 14.3. The number of hydrogen-bond donors (Lipinski definition) is 0. The Kier molecular flexibility index (Phi) is 5.83. The van der Waals surface area contributed by atoms with Crippen molar-refractivity contribution in [2.24, 2.45) is 11.3 Å². The molecule has 2 unspecified atom stereocenters. The summed E-state index contributed by atoms with van der Waals surface area (Å²) >= 11 is 0. The topological polar surface area (TPSA) is 79.6 Å². The van der Waals surface area contributed by atoms with Gasteiger partial charge in [0.25, 0.3) is 11.5 Å². The maximum Gasteiger partial charge on any atom is 0.430 e. The predicted octanol–water partition coefficient (Wildman–Crippen LogP) is 3.17. The van der Waals surface area contributed by atoms with Gasteiger partial charge in [0.15, 0.2) is 0 Å². The van der Waals surface area contributed by atoms with Gasteiger partial charge in [-0.3, -0.25) is 9.59 Å². The summed E-state index contributed by atoms with van der Waals surface area (Å²) in [4.78, 5) is 27.3. The molecule has 4 atom stereocenters. The molecule has 2 fully saturated rings. The minimum atomic E-state index is -5.04. The van der Waals surface area contributed by atoms with Crippen molar-refractivity contribution in [1.82, 2.24) is 4.90 Å². The van der Waals surface area contributed by atoms with Crippen molar-refractivity contribution in [1.29, 1.82) is 5.26 Å². The monoisotopic (exact) mass is 424 g/mol. The van der Waals surface area contributed by atoms with Crippen LogP contribution in [-0.2, 0) is 24.7 Å². The summed E-state index contributed by atoms with van der Waals surface area (Å²) < 4.78 is 53.0. The van der Waals surface area contributed by atoms with Gasteiger partial charge in [-0.2, -0.15) is 18.4 Å². The van der Waals surface area contributed by atoms with Crippen LogP contribution in [0.2, 0.25) is 0 Å². The Hall–Kier alpha value is -2.60. The number of amides is 1. The number of alkyl halides is 3. The number of halogens is 3. The van der Waals surface area contributed by atoms with E-state index in [1.807, 2.05) is 0 Å². The second-order valence-electron chi connectivity index (χ2n) is 7.55. The summed E-state index contributed by atoms with van der Waals surface area (Å²) in [5.41, 5.74) is -4.85. The smallest absolute Gasteiger partial charge is 0.430 e. The van der Waals surface area contributed by atoms with Gasteiger partial charge in [0, 0.05) is 19.2 Å². The molecule has 1 aromatic carbocycles. The molecule has 0 N–H and O–H groups in total. The molecule has 30 heavy (non-hydrogen) atoms. The number of nitriles is 1. The molecule has 1 heterocycles. The molecule has 162 valence electrons. The Morgan fingerprint density at radius 2 is 1.97 bits per heavy atom. The number of carbonyl (C=O) groups is 2. The highest BCUT2D eigenvalue weighted by atomic mass is 19.4. The lowest BCUT2D eigenvalue weighted by Crippen LogP contribution is -2.71. The molecule has 0 spiro atoms. The fourth-order valence-corrected chi connectivity index (χ4v) is 4.82. The van der Waals surface area contributed by atoms with Gasteiger partial charge in [-0.15, -0.1) is 0 Å². The van der Waals surface area contributed by atoms with Gasteiger partial charge in [-0.1, -0.05) is 30.3 Å². The first kappa shape index (κ1) is 22.1. The summed E-state index contributed by atoms with van der Waals surface area (Å²) in [6, 6.07) is 7.94. The molecule has 1 saturated carbocycles. The van der Waals surface area contributed by atoms with Gasteiger partial charge in [0.05, 0.1) is 24.6 Å². The minimum absolute atomic E-state index is 0.0385. The number of benzene rings is 1.